The number of nitrogens with two attached hydrogens (primary N) is 1. The largest absolute Gasteiger partial charge is 0.464 e. The Balaban J connectivity index is 1.86. The number of hydrogen-bond acceptors (Lipinski definition) is 5. The molecule has 1 unspecified atom stereocenters. The highest BCUT2D eigenvalue weighted by atomic mass is 32.2. The van der Waals surface area contributed by atoms with Gasteiger partial charge in [0.15, 0.2) is 0 Å². The number of ether oxygens (including phenoxy) is 1. The van der Waals surface area contributed by atoms with Gasteiger partial charge in [-0.25, -0.2) is 0 Å². The lowest BCUT2D eigenvalue weighted by Gasteiger charge is -2.04. The van der Waals surface area contributed by atoms with E-state index in [1.54, 1.807) is 11.8 Å². The summed E-state index contributed by atoms with van der Waals surface area (Å²) in [6.45, 7) is 3.78. The topological polar surface area (TPSA) is 80.5 Å². The number of aryl methyl sites for hydroxylation is 1. The zero-order chi connectivity index (χ0) is 15.0. The van der Waals surface area contributed by atoms with Crippen LogP contribution in [-0.4, -0.2) is 34.4 Å². The number of thioether (sulfide) groups is 1. The van der Waals surface area contributed by atoms with Gasteiger partial charge in [-0.3, -0.25) is 9.79 Å². The Morgan fingerprint density at radius 2 is 2.33 bits per heavy atom. The Morgan fingerprint density at radius 1 is 1.52 bits per heavy atom. The van der Waals surface area contributed by atoms with Gasteiger partial charge in [0.05, 0.1) is 22.9 Å². The monoisotopic (exact) mass is 303 g/mol. The van der Waals surface area contributed by atoms with Gasteiger partial charge in [-0.05, 0) is 30.7 Å². The Hall–Kier alpha value is -1.95. The van der Waals surface area contributed by atoms with E-state index in [9.17, 15) is 4.79 Å². The molecule has 0 radical (unpaired) electrons. The molecule has 1 atom stereocenters. The number of esters is 1. The second kappa shape index (κ2) is 5.44. The molecule has 1 aliphatic heterocycles. The smallest absolute Gasteiger partial charge is 0.302 e. The van der Waals surface area contributed by atoms with Crippen LogP contribution in [0, 0.1) is 6.92 Å². The van der Waals surface area contributed by atoms with Crippen LogP contribution in [0.2, 0.25) is 0 Å². The molecule has 0 aliphatic carbocycles. The molecule has 3 N–H and O–H groups in total. The summed E-state index contributed by atoms with van der Waals surface area (Å²) in [5.74, 6) is 0.560. The third-order valence-corrected chi connectivity index (χ3v) is 4.48. The minimum absolute atomic E-state index is 0.0272. The molecular formula is C15H17N3O2S. The van der Waals surface area contributed by atoms with Crippen LogP contribution in [0.4, 0.5) is 5.69 Å². The van der Waals surface area contributed by atoms with Gasteiger partial charge in [-0.15, -0.1) is 11.8 Å². The number of nitrogens with one attached hydrogen (secondary N) is 1. The number of fused-ring (bicyclic) bond motifs is 1. The van der Waals surface area contributed by atoms with Crippen LogP contribution >= 0.6 is 11.8 Å². The summed E-state index contributed by atoms with van der Waals surface area (Å²) in [6.07, 6.45) is 0. The van der Waals surface area contributed by atoms with Crippen molar-refractivity contribution in [1.82, 2.24) is 4.98 Å². The van der Waals surface area contributed by atoms with Crippen LogP contribution in [0.15, 0.2) is 23.2 Å². The normalized spacial score (nSPS) is 18.0. The fourth-order valence-corrected chi connectivity index (χ4v) is 3.41. The fourth-order valence-electron chi connectivity index (χ4n) is 2.40. The maximum Gasteiger partial charge on any atom is 0.302 e. The Labute approximate surface area is 127 Å². The van der Waals surface area contributed by atoms with Crippen LogP contribution in [-0.2, 0) is 9.53 Å². The first kappa shape index (κ1) is 14.0. The number of aromatic amines is 1. The van der Waals surface area contributed by atoms with Crippen LogP contribution < -0.4 is 5.73 Å². The van der Waals surface area contributed by atoms with Crippen molar-refractivity contribution in [1.29, 1.82) is 0 Å². The average molecular weight is 303 g/mol. The van der Waals surface area contributed by atoms with Gasteiger partial charge in [0.2, 0.25) is 0 Å². The number of benzene rings is 1. The molecule has 0 saturated carbocycles. The molecule has 6 heteroatoms. The third kappa shape index (κ3) is 2.90. The number of carbonyl (C=O) groups excluding carboxylic acids is 1. The molecule has 1 aliphatic rings. The maximum atomic E-state index is 10.8. The fraction of sp³-hybridized carbons (Fsp3) is 0.333. The summed E-state index contributed by atoms with van der Waals surface area (Å²) < 4.78 is 5.01. The van der Waals surface area contributed by atoms with Gasteiger partial charge >= 0.3 is 5.97 Å². The quantitative estimate of drug-likeness (QED) is 0.674. The molecule has 0 saturated heterocycles. The standard InChI is InChI=1S/C15H17N3O2S/c1-8-3-10-5-13(18-14(10)12(16)4-8)15-17-11(7-21-15)6-20-9(2)19/h3-5,11,18H,6-7,16H2,1-2H3. The summed E-state index contributed by atoms with van der Waals surface area (Å²) in [7, 11) is 0. The Kier molecular flexibility index (Phi) is 3.63. The third-order valence-electron chi connectivity index (χ3n) is 3.32. The molecule has 110 valence electrons. The highest BCUT2D eigenvalue weighted by Crippen LogP contribution is 2.28. The van der Waals surface area contributed by atoms with Gasteiger partial charge in [0, 0.05) is 18.1 Å². The van der Waals surface area contributed by atoms with Crippen molar-refractivity contribution in [3.05, 3.63) is 29.5 Å². The van der Waals surface area contributed by atoms with Crippen molar-refractivity contribution in [3.8, 4) is 0 Å². The maximum absolute atomic E-state index is 10.8. The number of carbonyl (C=O) groups is 1. The van der Waals surface area contributed by atoms with Crippen LogP contribution in [0.3, 0.4) is 0 Å². The van der Waals surface area contributed by atoms with Crippen molar-refractivity contribution in [2.75, 3.05) is 18.1 Å². The van der Waals surface area contributed by atoms with E-state index in [1.165, 1.54) is 6.92 Å². The van der Waals surface area contributed by atoms with Crippen molar-refractivity contribution < 1.29 is 9.53 Å². The number of anilines is 1. The van der Waals surface area contributed by atoms with Crippen molar-refractivity contribution in [2.24, 2.45) is 4.99 Å². The number of H-pyrrole nitrogens is 1. The number of rotatable bonds is 3. The van der Waals surface area contributed by atoms with Crippen LogP contribution in [0.5, 0.6) is 0 Å². The zero-order valence-electron chi connectivity index (χ0n) is 12.0. The van der Waals surface area contributed by atoms with E-state index < -0.39 is 0 Å². The molecule has 2 heterocycles. The molecule has 3 rings (SSSR count). The van der Waals surface area contributed by atoms with Gasteiger partial charge in [0.25, 0.3) is 0 Å². The first-order chi connectivity index (χ1) is 10.0. The molecule has 2 aromatic rings. The minimum Gasteiger partial charge on any atom is -0.464 e. The van der Waals surface area contributed by atoms with E-state index in [1.807, 2.05) is 13.0 Å². The van der Waals surface area contributed by atoms with Crippen LogP contribution in [0.25, 0.3) is 10.9 Å². The van der Waals surface area contributed by atoms with Crippen molar-refractivity contribution >= 4 is 39.4 Å². The number of aliphatic imine (C=N–C) groups is 1. The summed E-state index contributed by atoms with van der Waals surface area (Å²) in [5, 5.41) is 2.04. The molecule has 1 aromatic carbocycles. The molecule has 0 spiro atoms. The van der Waals surface area contributed by atoms with Gasteiger partial charge in [-0.1, -0.05) is 0 Å². The molecule has 0 amide bonds. The summed E-state index contributed by atoms with van der Waals surface area (Å²) in [5.41, 5.74) is 9.84. The molecule has 21 heavy (non-hydrogen) atoms. The average Bonchev–Trinajstić information content (AvgIpc) is 3.01. The second-order valence-corrected chi connectivity index (χ2v) is 6.21. The lowest BCUT2D eigenvalue weighted by atomic mass is 10.1. The van der Waals surface area contributed by atoms with Crippen LogP contribution in [0.1, 0.15) is 18.2 Å². The Morgan fingerprint density at radius 3 is 3.10 bits per heavy atom. The van der Waals surface area contributed by atoms with Gasteiger partial charge in [-0.2, -0.15) is 0 Å². The predicted molar refractivity (Wildman–Crippen MR) is 86.9 cm³/mol. The summed E-state index contributed by atoms with van der Waals surface area (Å²) >= 11 is 1.67. The highest BCUT2D eigenvalue weighted by molar-refractivity contribution is 8.14. The van der Waals surface area contributed by atoms with Gasteiger partial charge < -0.3 is 15.5 Å². The molecule has 5 nitrogen and oxygen atoms in total. The van der Waals surface area contributed by atoms with E-state index in [4.69, 9.17) is 10.5 Å². The molecule has 0 bridgehead atoms. The number of hydrogen-bond donors (Lipinski definition) is 2. The van der Waals surface area contributed by atoms with Crippen molar-refractivity contribution in [3.63, 3.8) is 0 Å². The first-order valence-electron chi connectivity index (χ1n) is 6.76. The highest BCUT2D eigenvalue weighted by Gasteiger charge is 2.21. The number of nitrogen functional groups attached to an aromatic ring is 1. The van der Waals surface area contributed by atoms with E-state index in [-0.39, 0.29) is 12.0 Å². The minimum atomic E-state index is -0.266. The second-order valence-electron chi connectivity index (χ2n) is 5.20. The van der Waals surface area contributed by atoms with E-state index >= 15 is 0 Å². The molecule has 1 aromatic heterocycles. The number of aromatic nitrogens is 1. The van der Waals surface area contributed by atoms with E-state index in [0.29, 0.717) is 6.61 Å². The van der Waals surface area contributed by atoms with E-state index in [0.717, 1.165) is 38.6 Å². The van der Waals surface area contributed by atoms with E-state index in [2.05, 4.69) is 22.1 Å². The Bertz CT molecular complexity index is 736. The lowest BCUT2D eigenvalue weighted by molar-refractivity contribution is -0.141. The van der Waals surface area contributed by atoms with Gasteiger partial charge in [0.1, 0.15) is 11.7 Å². The SMILES string of the molecule is CC(=O)OCC1CSC(c2cc3cc(C)cc(N)c3[nH]2)=N1. The summed E-state index contributed by atoms with van der Waals surface area (Å²) in [4.78, 5) is 18.8. The molecule has 0 fully saturated rings. The lowest BCUT2D eigenvalue weighted by Crippen LogP contribution is -2.15. The first-order valence-corrected chi connectivity index (χ1v) is 7.74. The zero-order valence-corrected chi connectivity index (χ0v) is 12.8. The summed E-state index contributed by atoms with van der Waals surface area (Å²) in [6, 6.07) is 6.15. The number of nitrogens with zero attached hydrogens (tertiary/aromatic N) is 1. The molecular weight excluding hydrogens is 286 g/mol. The predicted octanol–water partition coefficient (Wildman–Crippen LogP) is 2.48. The van der Waals surface area contributed by atoms with Crippen molar-refractivity contribution in [2.45, 2.75) is 19.9 Å².